The Morgan fingerprint density at radius 1 is 1.60 bits per heavy atom. The topological polar surface area (TPSA) is 57.6 Å². The quantitative estimate of drug-likeness (QED) is 0.484. The molecule has 1 unspecified atom stereocenters. The van der Waals surface area contributed by atoms with E-state index in [1.165, 1.54) is 4.90 Å². The summed E-state index contributed by atoms with van der Waals surface area (Å²) in [6, 6.07) is -0.658. The Hall–Kier alpha value is -0.710. The Bertz CT molecular complexity index is 199. The molecule has 15 heavy (non-hydrogen) atoms. The van der Waals surface area contributed by atoms with Crippen molar-refractivity contribution in [3.8, 4) is 0 Å². The first-order valence-electron chi connectivity index (χ1n) is 5.10. The van der Waals surface area contributed by atoms with Crippen LogP contribution in [-0.4, -0.2) is 47.0 Å². The highest BCUT2D eigenvalue weighted by molar-refractivity contribution is 7.98. The summed E-state index contributed by atoms with van der Waals surface area (Å²) in [5, 5.41) is 8.99. The first-order valence-corrected chi connectivity index (χ1v) is 6.49. The molecule has 0 aromatic heterocycles. The normalized spacial score (nSPS) is 12.1. The molecule has 0 spiro atoms. The summed E-state index contributed by atoms with van der Waals surface area (Å²) in [6.45, 7) is 2.44. The van der Waals surface area contributed by atoms with Gasteiger partial charge in [0, 0.05) is 6.54 Å². The van der Waals surface area contributed by atoms with E-state index in [0.29, 0.717) is 19.4 Å². The van der Waals surface area contributed by atoms with Crippen LogP contribution >= 0.6 is 11.8 Å². The predicted molar refractivity (Wildman–Crippen MR) is 62.1 cm³/mol. The van der Waals surface area contributed by atoms with Gasteiger partial charge < -0.3 is 10.0 Å². The van der Waals surface area contributed by atoms with Crippen LogP contribution in [0.2, 0.25) is 0 Å². The number of hydrogen-bond donors (Lipinski definition) is 1. The Morgan fingerprint density at radius 2 is 2.27 bits per heavy atom. The zero-order valence-electron chi connectivity index (χ0n) is 9.31. The third-order valence-corrected chi connectivity index (χ3v) is 2.83. The first kappa shape index (κ1) is 14.3. The van der Waals surface area contributed by atoms with E-state index in [1.807, 2.05) is 13.2 Å². The maximum atomic E-state index is 11.0. The summed E-state index contributed by atoms with van der Waals surface area (Å²) in [4.78, 5) is 23.1. The highest BCUT2D eigenvalue weighted by Crippen LogP contribution is 2.09. The lowest BCUT2D eigenvalue weighted by Crippen LogP contribution is -2.40. The summed E-state index contributed by atoms with van der Waals surface area (Å²) in [5.41, 5.74) is 0. The summed E-state index contributed by atoms with van der Waals surface area (Å²) in [5.74, 6) is 0.0273. The molecule has 0 aliphatic carbocycles. The SMILES string of the molecule is CCCN(C=O)C(CCCSC)C(=O)O. The van der Waals surface area contributed by atoms with E-state index in [9.17, 15) is 9.59 Å². The van der Waals surface area contributed by atoms with Crippen LogP contribution in [0.1, 0.15) is 26.2 Å². The van der Waals surface area contributed by atoms with E-state index in [1.54, 1.807) is 11.8 Å². The Morgan fingerprint density at radius 3 is 2.67 bits per heavy atom. The van der Waals surface area contributed by atoms with Crippen molar-refractivity contribution in [3.05, 3.63) is 0 Å². The third-order valence-electron chi connectivity index (χ3n) is 2.13. The van der Waals surface area contributed by atoms with Gasteiger partial charge in [-0.3, -0.25) is 4.79 Å². The van der Waals surface area contributed by atoms with Crippen molar-refractivity contribution in [2.75, 3.05) is 18.6 Å². The molecule has 0 aliphatic heterocycles. The number of amides is 1. The molecule has 88 valence electrons. The van der Waals surface area contributed by atoms with E-state index >= 15 is 0 Å². The van der Waals surface area contributed by atoms with Crippen molar-refractivity contribution in [3.63, 3.8) is 0 Å². The zero-order valence-corrected chi connectivity index (χ0v) is 10.1. The summed E-state index contributed by atoms with van der Waals surface area (Å²) < 4.78 is 0. The molecule has 1 amide bonds. The molecule has 0 heterocycles. The minimum Gasteiger partial charge on any atom is -0.480 e. The third kappa shape index (κ3) is 5.67. The number of carboxylic acid groups (broad SMARTS) is 1. The van der Waals surface area contributed by atoms with E-state index in [-0.39, 0.29) is 0 Å². The van der Waals surface area contributed by atoms with Crippen molar-refractivity contribution in [1.82, 2.24) is 4.90 Å². The molecule has 0 fully saturated rings. The van der Waals surface area contributed by atoms with Gasteiger partial charge >= 0.3 is 5.97 Å². The second-order valence-electron chi connectivity index (χ2n) is 3.33. The van der Waals surface area contributed by atoms with Crippen LogP contribution in [0, 0.1) is 0 Å². The monoisotopic (exact) mass is 233 g/mol. The highest BCUT2D eigenvalue weighted by atomic mass is 32.2. The fourth-order valence-electron chi connectivity index (χ4n) is 1.39. The van der Waals surface area contributed by atoms with Crippen LogP contribution in [0.15, 0.2) is 0 Å². The van der Waals surface area contributed by atoms with Gasteiger partial charge in [-0.2, -0.15) is 11.8 Å². The van der Waals surface area contributed by atoms with Crippen LogP contribution in [0.5, 0.6) is 0 Å². The van der Waals surface area contributed by atoms with Crippen LogP contribution in [0.25, 0.3) is 0 Å². The molecule has 0 rings (SSSR count). The van der Waals surface area contributed by atoms with Gasteiger partial charge in [-0.1, -0.05) is 6.92 Å². The van der Waals surface area contributed by atoms with E-state index in [0.717, 1.165) is 18.6 Å². The second kappa shape index (κ2) is 8.59. The molecule has 0 saturated heterocycles. The minimum absolute atomic E-state index is 0.514. The maximum Gasteiger partial charge on any atom is 0.326 e. The highest BCUT2D eigenvalue weighted by Gasteiger charge is 2.22. The van der Waals surface area contributed by atoms with Crippen LogP contribution < -0.4 is 0 Å². The maximum absolute atomic E-state index is 11.0. The van der Waals surface area contributed by atoms with Crippen molar-refractivity contribution in [2.24, 2.45) is 0 Å². The lowest BCUT2D eigenvalue weighted by atomic mass is 10.1. The summed E-state index contributed by atoms with van der Waals surface area (Å²) >= 11 is 1.69. The van der Waals surface area contributed by atoms with Crippen LogP contribution in [0.3, 0.4) is 0 Å². The summed E-state index contributed by atoms with van der Waals surface area (Å²) in [7, 11) is 0. The van der Waals surface area contributed by atoms with Crippen molar-refractivity contribution in [1.29, 1.82) is 0 Å². The van der Waals surface area contributed by atoms with Gasteiger partial charge in [0.25, 0.3) is 0 Å². The van der Waals surface area contributed by atoms with E-state index in [2.05, 4.69) is 0 Å². The number of thioether (sulfide) groups is 1. The Balaban J connectivity index is 4.21. The van der Waals surface area contributed by atoms with Gasteiger partial charge in [0.1, 0.15) is 6.04 Å². The molecule has 1 atom stereocenters. The minimum atomic E-state index is -0.906. The van der Waals surface area contributed by atoms with Crippen LogP contribution in [0.4, 0.5) is 0 Å². The lowest BCUT2D eigenvalue weighted by molar-refractivity contribution is -0.146. The molecular weight excluding hydrogens is 214 g/mol. The molecule has 1 N–H and O–H groups in total. The fourth-order valence-corrected chi connectivity index (χ4v) is 1.85. The van der Waals surface area contributed by atoms with Gasteiger partial charge in [0.05, 0.1) is 0 Å². The smallest absolute Gasteiger partial charge is 0.326 e. The number of hydrogen-bond acceptors (Lipinski definition) is 3. The molecule has 0 aromatic carbocycles. The number of nitrogens with zero attached hydrogens (tertiary/aromatic N) is 1. The Labute approximate surface area is 95.0 Å². The second-order valence-corrected chi connectivity index (χ2v) is 4.32. The lowest BCUT2D eigenvalue weighted by Gasteiger charge is -2.24. The largest absolute Gasteiger partial charge is 0.480 e. The molecule has 0 aliphatic rings. The number of carboxylic acids is 1. The predicted octanol–water partition coefficient (Wildman–Crippen LogP) is 1.45. The molecule has 0 aromatic rings. The van der Waals surface area contributed by atoms with Crippen LogP contribution in [-0.2, 0) is 9.59 Å². The van der Waals surface area contributed by atoms with Gasteiger partial charge in [-0.25, -0.2) is 4.79 Å². The molecule has 4 nitrogen and oxygen atoms in total. The van der Waals surface area contributed by atoms with Gasteiger partial charge in [-0.05, 0) is 31.3 Å². The van der Waals surface area contributed by atoms with Gasteiger partial charge in [-0.15, -0.1) is 0 Å². The first-order chi connectivity index (χ1) is 7.17. The molecule has 0 radical (unpaired) electrons. The fraction of sp³-hybridized carbons (Fsp3) is 0.800. The van der Waals surface area contributed by atoms with Crippen molar-refractivity contribution in [2.45, 2.75) is 32.2 Å². The van der Waals surface area contributed by atoms with Crippen molar-refractivity contribution < 1.29 is 14.7 Å². The number of carbonyl (C=O) groups is 2. The average Bonchev–Trinajstić information content (AvgIpc) is 2.21. The molecule has 0 saturated carbocycles. The van der Waals surface area contributed by atoms with E-state index < -0.39 is 12.0 Å². The molecular formula is C10H19NO3S. The zero-order chi connectivity index (χ0) is 11.7. The van der Waals surface area contributed by atoms with Crippen molar-refractivity contribution >= 4 is 24.1 Å². The van der Waals surface area contributed by atoms with E-state index in [4.69, 9.17) is 5.11 Å². The number of carbonyl (C=O) groups excluding carboxylic acids is 1. The average molecular weight is 233 g/mol. The number of rotatable bonds is 9. The molecule has 5 heteroatoms. The summed E-state index contributed by atoms with van der Waals surface area (Å²) in [6.07, 6.45) is 4.77. The van der Waals surface area contributed by atoms with Gasteiger partial charge in [0.2, 0.25) is 6.41 Å². The standard InChI is InChI=1S/C10H19NO3S/c1-3-6-11(8-12)9(10(13)14)5-4-7-15-2/h8-9H,3-7H2,1-2H3,(H,13,14). The van der Waals surface area contributed by atoms with Gasteiger partial charge in [0.15, 0.2) is 0 Å². The Kier molecular flexibility index (Phi) is 8.18. The molecule has 0 bridgehead atoms. The number of aliphatic carboxylic acids is 1.